The molecule has 40 heavy (non-hydrogen) atoms. The number of benzene rings is 5. The molecule has 4 nitrogen and oxygen atoms in total. The van der Waals surface area contributed by atoms with E-state index in [1.54, 1.807) is 0 Å². The van der Waals surface area contributed by atoms with Gasteiger partial charge >= 0.3 is 0 Å². The summed E-state index contributed by atoms with van der Waals surface area (Å²) in [5.41, 5.74) is 5.79. The van der Waals surface area contributed by atoms with E-state index in [-0.39, 0.29) is 35.7 Å². The summed E-state index contributed by atoms with van der Waals surface area (Å²) in [6.07, 6.45) is 0. The number of para-hydroxylation sites is 2. The fourth-order valence-corrected chi connectivity index (χ4v) is 6.40. The van der Waals surface area contributed by atoms with Gasteiger partial charge in [-0.2, -0.15) is 0 Å². The molecule has 0 N–H and O–H groups in total. The minimum absolute atomic E-state index is 0.0513. The summed E-state index contributed by atoms with van der Waals surface area (Å²) in [5.74, 6) is -0.659. The number of β-lactam (4-membered cyclic amide) rings is 2. The van der Waals surface area contributed by atoms with Crippen LogP contribution in [0.3, 0.4) is 0 Å². The molecule has 2 heterocycles. The predicted octanol–water partition coefficient (Wildman–Crippen LogP) is 7.43. The molecule has 0 unspecified atom stereocenters. The van der Waals surface area contributed by atoms with Crippen molar-refractivity contribution in [1.29, 1.82) is 0 Å². The maximum atomic E-state index is 14.0. The van der Waals surface area contributed by atoms with Gasteiger partial charge in [0.1, 0.15) is 0 Å². The highest BCUT2D eigenvalue weighted by Gasteiger charge is 2.54. The van der Waals surface area contributed by atoms with Crippen molar-refractivity contribution in [3.8, 4) is 0 Å². The van der Waals surface area contributed by atoms with Crippen LogP contribution in [0.2, 0.25) is 0 Å². The number of carbonyl (C=O) groups is 2. The molecule has 5 aromatic carbocycles. The van der Waals surface area contributed by atoms with Gasteiger partial charge in [-0.1, -0.05) is 121 Å². The van der Waals surface area contributed by atoms with Gasteiger partial charge in [0.05, 0.1) is 23.9 Å². The number of nitrogens with zero attached hydrogens (tertiary/aromatic N) is 2. The molecule has 0 radical (unpaired) electrons. The van der Waals surface area contributed by atoms with Gasteiger partial charge in [-0.3, -0.25) is 9.59 Å². The van der Waals surface area contributed by atoms with Crippen molar-refractivity contribution in [2.75, 3.05) is 9.80 Å². The van der Waals surface area contributed by atoms with Gasteiger partial charge in [-0.25, -0.2) is 0 Å². The Morgan fingerprint density at radius 2 is 0.675 bits per heavy atom. The Balaban J connectivity index is 1.33. The van der Waals surface area contributed by atoms with Crippen LogP contribution in [0.4, 0.5) is 11.4 Å². The van der Waals surface area contributed by atoms with Crippen LogP contribution < -0.4 is 9.80 Å². The van der Waals surface area contributed by atoms with E-state index in [0.717, 1.165) is 33.6 Å². The van der Waals surface area contributed by atoms with Gasteiger partial charge < -0.3 is 9.80 Å². The van der Waals surface area contributed by atoms with Crippen LogP contribution in [-0.4, -0.2) is 11.8 Å². The van der Waals surface area contributed by atoms with Gasteiger partial charge in [-0.05, 0) is 46.5 Å². The van der Waals surface area contributed by atoms with Crippen molar-refractivity contribution in [2.24, 2.45) is 0 Å². The van der Waals surface area contributed by atoms with Crippen molar-refractivity contribution in [3.05, 3.63) is 168 Å². The molecule has 5 aromatic rings. The lowest BCUT2D eigenvalue weighted by Crippen LogP contribution is -2.56. The number of rotatable bonds is 6. The average Bonchev–Trinajstić information content (AvgIpc) is 3.01. The molecule has 0 spiro atoms. The monoisotopic (exact) mass is 520 g/mol. The molecule has 2 amide bonds. The lowest BCUT2D eigenvalue weighted by Gasteiger charge is -2.51. The van der Waals surface area contributed by atoms with E-state index in [4.69, 9.17) is 0 Å². The van der Waals surface area contributed by atoms with Crippen LogP contribution in [-0.2, 0) is 9.59 Å². The smallest absolute Gasteiger partial charge is 0.237 e. The van der Waals surface area contributed by atoms with E-state index >= 15 is 0 Å². The molecule has 0 aliphatic carbocycles. The highest BCUT2D eigenvalue weighted by molar-refractivity contribution is 6.09. The van der Waals surface area contributed by atoms with Gasteiger partial charge in [0, 0.05) is 11.4 Å². The largest absolute Gasteiger partial charge is 0.303 e. The summed E-state index contributed by atoms with van der Waals surface area (Å²) in [5, 5.41) is 0. The number of hydrogen-bond donors (Lipinski definition) is 0. The zero-order valence-corrected chi connectivity index (χ0v) is 21.9. The Kier molecular flexibility index (Phi) is 6.01. The maximum absolute atomic E-state index is 14.0. The van der Waals surface area contributed by atoms with Crippen LogP contribution in [0.1, 0.15) is 46.2 Å². The quantitative estimate of drug-likeness (QED) is 0.219. The molecule has 4 atom stereocenters. The zero-order valence-electron chi connectivity index (χ0n) is 21.9. The van der Waals surface area contributed by atoms with Crippen LogP contribution in [0, 0.1) is 0 Å². The summed E-state index contributed by atoms with van der Waals surface area (Å²) < 4.78 is 0. The second-order valence-corrected chi connectivity index (χ2v) is 10.4. The third-order valence-corrected chi connectivity index (χ3v) is 8.21. The van der Waals surface area contributed by atoms with Crippen LogP contribution in [0.5, 0.6) is 0 Å². The van der Waals surface area contributed by atoms with Crippen LogP contribution in [0.15, 0.2) is 146 Å². The summed E-state index contributed by atoms with van der Waals surface area (Å²) in [6, 6.07) is 47.8. The van der Waals surface area contributed by atoms with Crippen molar-refractivity contribution < 1.29 is 9.59 Å². The highest BCUT2D eigenvalue weighted by Crippen LogP contribution is 2.54. The van der Waals surface area contributed by atoms with Gasteiger partial charge in [-0.15, -0.1) is 0 Å². The summed E-state index contributed by atoms with van der Waals surface area (Å²) >= 11 is 0. The molecule has 2 aliphatic rings. The Hall–Kier alpha value is -4.96. The van der Waals surface area contributed by atoms with E-state index in [1.165, 1.54) is 0 Å². The first-order valence-corrected chi connectivity index (χ1v) is 13.7. The van der Waals surface area contributed by atoms with E-state index in [9.17, 15) is 9.59 Å². The van der Waals surface area contributed by atoms with Gasteiger partial charge in [0.25, 0.3) is 0 Å². The van der Waals surface area contributed by atoms with E-state index in [0.29, 0.717) is 0 Å². The average molecular weight is 521 g/mol. The minimum Gasteiger partial charge on any atom is -0.303 e. The Morgan fingerprint density at radius 1 is 0.375 bits per heavy atom. The van der Waals surface area contributed by atoms with Crippen LogP contribution in [0.25, 0.3) is 0 Å². The van der Waals surface area contributed by atoms with Crippen molar-refractivity contribution >= 4 is 23.2 Å². The Bertz CT molecular complexity index is 1530. The lowest BCUT2D eigenvalue weighted by atomic mass is 9.70. The van der Waals surface area contributed by atoms with Crippen LogP contribution >= 0.6 is 0 Å². The molecular weight excluding hydrogens is 492 g/mol. The fourth-order valence-electron chi connectivity index (χ4n) is 6.40. The standard InChI is InChI=1S/C36H28N2O2/c39-35-31(33(25-15-5-1-6-16-25)37(35)27-19-9-3-10-20-27)29-23-13-14-24-30(29)32-34(26-17-7-2-8-18-26)38(36(32)40)28-21-11-4-12-22-28/h1-24,31-34H/t31-,32-,33-,34-/m1/s1. The number of carbonyl (C=O) groups excluding carboxylic acids is 2. The molecule has 2 fully saturated rings. The SMILES string of the molecule is O=C1[C@H](c2ccccc2[C@H]2C(=O)N(c3ccccc3)[C@@H]2c2ccccc2)[C@@H](c2ccccc2)N1c1ccccc1. The van der Waals surface area contributed by atoms with Gasteiger partial charge in [0.2, 0.25) is 11.8 Å². The lowest BCUT2D eigenvalue weighted by molar-refractivity contribution is -0.128. The van der Waals surface area contributed by atoms with E-state index in [2.05, 4.69) is 24.3 Å². The maximum Gasteiger partial charge on any atom is 0.237 e. The first kappa shape index (κ1) is 24.1. The molecule has 2 saturated heterocycles. The van der Waals surface area contributed by atoms with E-state index < -0.39 is 0 Å². The molecule has 4 heteroatoms. The third kappa shape index (κ3) is 3.84. The first-order chi connectivity index (χ1) is 19.7. The van der Waals surface area contributed by atoms with E-state index in [1.807, 2.05) is 131 Å². The highest BCUT2D eigenvalue weighted by atomic mass is 16.2. The molecule has 0 saturated carbocycles. The topological polar surface area (TPSA) is 40.6 Å². The number of amides is 2. The normalized spacial score (nSPS) is 22.0. The molecule has 7 rings (SSSR count). The second-order valence-electron chi connectivity index (χ2n) is 10.4. The molecule has 194 valence electrons. The van der Waals surface area contributed by atoms with Gasteiger partial charge in [0.15, 0.2) is 0 Å². The summed E-state index contributed by atoms with van der Waals surface area (Å²) in [4.78, 5) is 31.7. The number of anilines is 2. The third-order valence-electron chi connectivity index (χ3n) is 8.21. The second kappa shape index (κ2) is 9.97. The Morgan fingerprint density at radius 3 is 1.02 bits per heavy atom. The Labute approximate surface area is 234 Å². The molecular formula is C36H28N2O2. The summed E-state index contributed by atoms with van der Waals surface area (Å²) in [6.45, 7) is 0. The molecule has 0 aromatic heterocycles. The summed E-state index contributed by atoms with van der Waals surface area (Å²) in [7, 11) is 0. The molecule has 2 aliphatic heterocycles. The zero-order chi connectivity index (χ0) is 27.1. The first-order valence-electron chi connectivity index (χ1n) is 13.7. The molecule has 0 bridgehead atoms. The minimum atomic E-state index is -0.381. The van der Waals surface area contributed by atoms with Crippen molar-refractivity contribution in [1.82, 2.24) is 0 Å². The van der Waals surface area contributed by atoms with Crippen molar-refractivity contribution in [2.45, 2.75) is 23.9 Å². The van der Waals surface area contributed by atoms with Crippen molar-refractivity contribution in [3.63, 3.8) is 0 Å². The fraction of sp³-hybridized carbons (Fsp3) is 0.111. The predicted molar refractivity (Wildman–Crippen MR) is 158 cm³/mol. The number of hydrogen-bond acceptors (Lipinski definition) is 2.